The molecule has 0 saturated carbocycles. The summed E-state index contributed by atoms with van der Waals surface area (Å²) < 4.78 is 50.4. The van der Waals surface area contributed by atoms with Crippen molar-refractivity contribution >= 4 is 37.0 Å². The molecule has 0 saturated heterocycles. The second-order valence-corrected chi connectivity index (χ2v) is 29.3. The molecule has 0 radical (unpaired) electrons. The van der Waals surface area contributed by atoms with E-state index in [0.717, 1.165) is 133 Å². The number of unbranched alkanes of at least 4 members (excludes halogenated alkanes) is 30. The Morgan fingerprint density at radius 2 is 0.581 bits per heavy atom. The van der Waals surface area contributed by atoms with Crippen LogP contribution < -0.4 is 0 Å². The third-order valence-electron chi connectivity index (χ3n) is 13.5. The molecule has 0 bridgehead atoms. The van der Waals surface area contributed by atoms with Crippen molar-refractivity contribution in [3.63, 3.8) is 0 Å². The quantitative estimate of drug-likeness (QED) is 0.0368. The van der Waals surface area contributed by atoms with E-state index in [9.17, 15) is 22.6 Å². The van der Waals surface area contributed by atoms with Crippen molar-refractivity contribution in [1.82, 2.24) is 0 Å². The molecule has 0 fully saturated rings. The van der Waals surface area contributed by atoms with E-state index in [-0.39, 0.29) is 0 Å². The first-order valence-electron chi connectivity index (χ1n) is 27.4. The summed E-state index contributed by atoms with van der Waals surface area (Å²) in [4.78, 5) is 28.6. The number of carbonyl (C=O) groups excluding carboxylic acids is 2. The normalized spacial score (nSPS) is 13.3. The van der Waals surface area contributed by atoms with Crippen LogP contribution in [0, 0.1) is 0 Å². The molecule has 7 nitrogen and oxygen atoms in total. The van der Waals surface area contributed by atoms with Gasteiger partial charge >= 0.3 is 390 Å². The molecule has 0 heterocycles. The van der Waals surface area contributed by atoms with Gasteiger partial charge < -0.3 is 0 Å². The van der Waals surface area contributed by atoms with Crippen molar-refractivity contribution in [2.45, 2.75) is 284 Å². The molecule has 1 unspecified atom stereocenters. The predicted octanol–water partition coefficient (Wildman–Crippen LogP) is 17.2. The molecular weight excluding hydrogens is 831 g/mol. The van der Waals surface area contributed by atoms with Gasteiger partial charge in [-0.2, -0.15) is 0 Å². The average molecular weight is 939 g/mol. The molecule has 1 atom stereocenters. The van der Waals surface area contributed by atoms with Crippen LogP contribution in [0.25, 0.3) is 0 Å². The molecule has 0 amide bonds. The topological polar surface area (TPSA) is 107 Å². The fourth-order valence-electron chi connectivity index (χ4n) is 9.45. The van der Waals surface area contributed by atoms with Gasteiger partial charge in [0.05, 0.1) is 0 Å². The molecule has 0 aliphatic carbocycles. The van der Waals surface area contributed by atoms with Crippen LogP contribution in [-0.2, 0) is 28.8 Å². The molecule has 0 rings (SSSR count). The van der Waals surface area contributed by atoms with E-state index >= 15 is 0 Å². The van der Waals surface area contributed by atoms with E-state index in [1.54, 1.807) is 0 Å². The summed E-state index contributed by atoms with van der Waals surface area (Å²) in [6.07, 6.45) is 45.8. The number of hydrogen-bond acceptors (Lipinski definition) is 6. The first-order valence-corrected chi connectivity index (χ1v) is 34.0. The van der Waals surface area contributed by atoms with Crippen LogP contribution in [0.5, 0.6) is 0 Å². The van der Waals surface area contributed by atoms with Gasteiger partial charge in [0.1, 0.15) is 0 Å². The van der Waals surface area contributed by atoms with Gasteiger partial charge in [-0.05, 0) is 0 Å². The Kier molecular flexibility index (Phi) is 41.9. The van der Waals surface area contributed by atoms with E-state index in [4.69, 9.17) is 9.05 Å². The Morgan fingerprint density at radius 1 is 0.371 bits per heavy atom. The molecule has 0 aliphatic heterocycles. The van der Waals surface area contributed by atoms with Crippen LogP contribution in [0.2, 0.25) is 0 Å². The van der Waals surface area contributed by atoms with Gasteiger partial charge in [-0.3, -0.25) is 0 Å². The van der Waals surface area contributed by atoms with Gasteiger partial charge in [0.2, 0.25) is 0 Å². The summed E-state index contributed by atoms with van der Waals surface area (Å²) in [5, 5.41) is -1.94. The van der Waals surface area contributed by atoms with Crippen LogP contribution in [0.4, 0.5) is 0 Å². The van der Waals surface area contributed by atoms with Gasteiger partial charge in [0.25, 0.3) is 0 Å². The monoisotopic (exact) mass is 939 g/mol. The van der Waals surface area contributed by atoms with E-state index in [1.807, 2.05) is 0 Å². The molecule has 10 heteroatoms. The minimum absolute atomic E-state index is 0.630. The maximum atomic E-state index is 14.4. The Hall–Kier alpha value is -0.290. The summed E-state index contributed by atoms with van der Waals surface area (Å²) in [6.45, 7) is 13.4. The van der Waals surface area contributed by atoms with Crippen molar-refractivity contribution in [1.29, 1.82) is 0 Å². The van der Waals surface area contributed by atoms with Crippen molar-refractivity contribution in [3.05, 3.63) is 0 Å². The van der Waals surface area contributed by atoms with E-state index in [1.165, 1.54) is 135 Å². The molecule has 374 valence electrons. The van der Waals surface area contributed by atoms with Crippen LogP contribution in [0.1, 0.15) is 279 Å². The maximum absolute atomic E-state index is 14.4. The second-order valence-electron chi connectivity index (χ2n) is 19.6. The van der Waals surface area contributed by atoms with Crippen molar-refractivity contribution in [2.24, 2.45) is 0 Å². The van der Waals surface area contributed by atoms with Gasteiger partial charge in [-0.1, -0.05) is 0 Å². The summed E-state index contributed by atoms with van der Waals surface area (Å²) in [7, 11) is -10.3. The van der Waals surface area contributed by atoms with Gasteiger partial charge in [-0.25, -0.2) is 0 Å². The average Bonchev–Trinajstić information content (AvgIpc) is 3.24. The van der Waals surface area contributed by atoms with Crippen molar-refractivity contribution in [2.75, 3.05) is 37.0 Å². The minimum atomic E-state index is -4.92. The summed E-state index contributed by atoms with van der Waals surface area (Å²) in [5.74, 6) is -1.54. The summed E-state index contributed by atoms with van der Waals surface area (Å²) in [6, 6.07) is 0. The molecular formula is C52H108O7P2S. The van der Waals surface area contributed by atoms with Crippen LogP contribution >= 0.6 is 15.0 Å². The molecule has 0 aliphatic rings. The molecule has 0 aromatic carbocycles. The molecule has 0 spiro atoms. The first kappa shape index (κ1) is 61.7. The Morgan fingerprint density at radius 3 is 0.806 bits per heavy atom. The third-order valence-corrected chi connectivity index (χ3v) is 23.5. The van der Waals surface area contributed by atoms with Gasteiger partial charge in [-0.15, -0.1) is 0 Å². The second kappa shape index (κ2) is 42.1. The fourth-order valence-corrected chi connectivity index (χ4v) is 18.8. The molecule has 0 aromatic heterocycles. The fraction of sp³-hybridized carbons (Fsp3) is 0.962. The van der Waals surface area contributed by atoms with Crippen molar-refractivity contribution in [3.8, 4) is 0 Å². The molecule has 0 aromatic rings. The van der Waals surface area contributed by atoms with Gasteiger partial charge in [0.15, 0.2) is 0 Å². The summed E-state index contributed by atoms with van der Waals surface area (Å²) >= 11 is 0. The zero-order chi connectivity index (χ0) is 46.1. The zero-order valence-electron chi connectivity index (χ0n) is 42.3. The van der Waals surface area contributed by atoms with Crippen LogP contribution in [-0.4, -0.2) is 67.1 Å². The Balaban J connectivity index is 6.55. The number of hydrogen-bond donors (Lipinski definition) is 1. The zero-order valence-corrected chi connectivity index (χ0v) is 45.1. The SMILES string of the molecule is CCCCCCCC[PH](CCCCCCCC)(CCCCCCCC)OC(=O)CC(C(=O)O[PH](CCCCCCCC)(CCCCCCCC)CCCCCCCC)S(=O)(=O)O. The van der Waals surface area contributed by atoms with E-state index in [2.05, 4.69) is 41.5 Å². The number of rotatable bonds is 48. The number of carbonyl (C=O) groups is 2. The molecule has 1 N–H and O–H groups in total. The Bertz CT molecular complexity index is 1050. The first-order chi connectivity index (χ1) is 30.0. The summed E-state index contributed by atoms with van der Waals surface area (Å²) in [5.41, 5.74) is 0. The van der Waals surface area contributed by atoms with Crippen molar-refractivity contribution < 1.29 is 31.6 Å². The van der Waals surface area contributed by atoms with Gasteiger partial charge in [0, 0.05) is 0 Å². The molecule has 62 heavy (non-hydrogen) atoms. The van der Waals surface area contributed by atoms with Crippen LogP contribution in [0.3, 0.4) is 0 Å². The standard InChI is InChI=1S/C52H108O7P2S/c1-7-13-19-25-31-37-43-60(44-38-32-26-20-14-8-2,45-39-33-27-21-15-9-3)58-51(53)49-50(62(55,56)57)52(54)59-61(46-40-34-28-22-16-10-4,47-41-35-29-23-17-11-5)48-42-36-30-24-18-12-6/h50,60-61H,7-49H2,1-6H3,(H,55,56,57). The third kappa shape index (κ3) is 34.1. The van der Waals surface area contributed by atoms with E-state index in [0.29, 0.717) is 0 Å². The van der Waals surface area contributed by atoms with Crippen LogP contribution in [0.15, 0.2) is 0 Å². The van der Waals surface area contributed by atoms with E-state index < -0.39 is 48.7 Å². The Labute approximate surface area is 388 Å². The predicted molar refractivity (Wildman–Crippen MR) is 278 cm³/mol.